The van der Waals surface area contributed by atoms with Gasteiger partial charge in [-0.3, -0.25) is 4.79 Å². The Kier molecular flexibility index (Phi) is 3.12. The summed E-state index contributed by atoms with van der Waals surface area (Å²) < 4.78 is 7.37. The van der Waals surface area contributed by atoms with Crippen molar-refractivity contribution in [1.82, 2.24) is 14.9 Å². The molecule has 102 valence electrons. The summed E-state index contributed by atoms with van der Waals surface area (Å²) in [5, 5.41) is 3.62. The first-order valence-corrected chi connectivity index (χ1v) is 6.25. The molecule has 2 heterocycles. The highest BCUT2D eigenvalue weighted by atomic mass is 16.3. The van der Waals surface area contributed by atoms with Crippen LogP contribution in [-0.2, 0) is 6.54 Å². The number of hydrogen-bond donors (Lipinski definition) is 2. The summed E-state index contributed by atoms with van der Waals surface area (Å²) >= 11 is 0. The van der Waals surface area contributed by atoms with E-state index in [1.54, 1.807) is 36.8 Å². The van der Waals surface area contributed by atoms with Crippen molar-refractivity contribution in [3.05, 3.63) is 48.7 Å². The Morgan fingerprint density at radius 1 is 1.40 bits per heavy atom. The van der Waals surface area contributed by atoms with Gasteiger partial charge in [-0.25, -0.2) is 4.98 Å². The molecule has 3 N–H and O–H groups in total. The maximum atomic E-state index is 12.0. The number of nitrogens with zero attached hydrogens (tertiary/aromatic N) is 2. The monoisotopic (exact) mass is 270 g/mol. The maximum Gasteiger partial charge on any atom is 0.287 e. The molecule has 0 radical (unpaired) electrons. The van der Waals surface area contributed by atoms with Crippen molar-refractivity contribution in [2.75, 3.05) is 12.3 Å². The second-order valence-electron chi connectivity index (χ2n) is 4.46. The summed E-state index contributed by atoms with van der Waals surface area (Å²) in [6, 6.07) is 6.97. The van der Waals surface area contributed by atoms with E-state index in [1.165, 1.54) is 0 Å². The van der Waals surface area contributed by atoms with Gasteiger partial charge in [-0.1, -0.05) is 0 Å². The van der Waals surface area contributed by atoms with Gasteiger partial charge in [0.05, 0.1) is 6.33 Å². The van der Waals surface area contributed by atoms with E-state index in [2.05, 4.69) is 10.3 Å². The average Bonchev–Trinajstić information content (AvgIpc) is 3.06. The number of nitrogens with two attached hydrogens (primary N) is 1. The Morgan fingerprint density at radius 3 is 3.10 bits per heavy atom. The highest BCUT2D eigenvalue weighted by molar-refractivity contribution is 5.96. The van der Waals surface area contributed by atoms with E-state index in [-0.39, 0.29) is 11.7 Å². The zero-order valence-electron chi connectivity index (χ0n) is 10.7. The van der Waals surface area contributed by atoms with Crippen LogP contribution >= 0.6 is 0 Å². The van der Waals surface area contributed by atoms with Gasteiger partial charge >= 0.3 is 0 Å². The van der Waals surface area contributed by atoms with Gasteiger partial charge in [0.1, 0.15) is 5.58 Å². The number of hydrogen-bond acceptors (Lipinski definition) is 4. The molecule has 1 amide bonds. The van der Waals surface area contributed by atoms with Gasteiger partial charge in [0.2, 0.25) is 0 Å². The zero-order chi connectivity index (χ0) is 13.9. The van der Waals surface area contributed by atoms with E-state index >= 15 is 0 Å². The van der Waals surface area contributed by atoms with Crippen LogP contribution < -0.4 is 11.1 Å². The summed E-state index contributed by atoms with van der Waals surface area (Å²) in [5.74, 6) is 0.0520. The summed E-state index contributed by atoms with van der Waals surface area (Å²) in [5.41, 5.74) is 6.99. The molecule has 20 heavy (non-hydrogen) atoms. The molecule has 0 saturated carbocycles. The summed E-state index contributed by atoms with van der Waals surface area (Å²) in [6.45, 7) is 1.17. The fraction of sp³-hybridized carbons (Fsp3) is 0.143. The number of nitrogens with one attached hydrogen (secondary N) is 1. The van der Waals surface area contributed by atoms with Crippen LogP contribution in [-0.4, -0.2) is 22.0 Å². The van der Waals surface area contributed by atoms with Crippen LogP contribution in [0.1, 0.15) is 10.6 Å². The lowest BCUT2D eigenvalue weighted by atomic mass is 10.2. The molecular formula is C14H14N4O2. The molecular weight excluding hydrogens is 256 g/mol. The van der Waals surface area contributed by atoms with Crippen molar-refractivity contribution in [2.24, 2.45) is 0 Å². The first-order chi connectivity index (χ1) is 9.72. The number of rotatable bonds is 4. The Balaban J connectivity index is 1.66. The molecule has 0 unspecified atom stereocenters. The molecule has 0 fully saturated rings. The normalized spacial score (nSPS) is 10.8. The van der Waals surface area contributed by atoms with Crippen LogP contribution in [0.25, 0.3) is 11.0 Å². The average molecular weight is 270 g/mol. The second-order valence-corrected chi connectivity index (χ2v) is 4.46. The van der Waals surface area contributed by atoms with Crippen LogP contribution in [0.2, 0.25) is 0 Å². The van der Waals surface area contributed by atoms with Crippen molar-refractivity contribution in [1.29, 1.82) is 0 Å². The lowest BCUT2D eigenvalue weighted by Crippen LogP contribution is -2.26. The maximum absolute atomic E-state index is 12.0. The predicted octanol–water partition coefficient (Wildman–Crippen LogP) is 1.64. The van der Waals surface area contributed by atoms with Crippen LogP contribution in [0.15, 0.2) is 47.4 Å². The predicted molar refractivity (Wildman–Crippen MR) is 75.2 cm³/mol. The Bertz CT molecular complexity index is 731. The minimum atomic E-state index is -0.236. The molecule has 0 atom stereocenters. The number of benzene rings is 1. The molecule has 0 saturated heterocycles. The lowest BCUT2D eigenvalue weighted by molar-refractivity contribution is 0.0927. The van der Waals surface area contributed by atoms with E-state index < -0.39 is 0 Å². The van der Waals surface area contributed by atoms with Gasteiger partial charge in [-0.05, 0) is 24.3 Å². The van der Waals surface area contributed by atoms with E-state index in [4.69, 9.17) is 10.2 Å². The Morgan fingerprint density at radius 2 is 2.30 bits per heavy atom. The van der Waals surface area contributed by atoms with Gasteiger partial charge in [0, 0.05) is 36.6 Å². The molecule has 6 nitrogen and oxygen atoms in total. The number of carbonyl (C=O) groups is 1. The van der Waals surface area contributed by atoms with Gasteiger partial charge in [-0.15, -0.1) is 0 Å². The van der Waals surface area contributed by atoms with Crippen molar-refractivity contribution >= 4 is 22.6 Å². The number of imidazole rings is 1. The summed E-state index contributed by atoms with van der Waals surface area (Å²) in [6.07, 6.45) is 5.25. The molecule has 3 rings (SSSR count). The number of fused-ring (bicyclic) bond motifs is 1. The molecule has 6 heteroatoms. The van der Waals surface area contributed by atoms with Crippen molar-refractivity contribution in [3.8, 4) is 0 Å². The molecule has 0 spiro atoms. The topological polar surface area (TPSA) is 86.1 Å². The van der Waals surface area contributed by atoms with Gasteiger partial charge in [-0.2, -0.15) is 0 Å². The van der Waals surface area contributed by atoms with Crippen LogP contribution in [0, 0.1) is 0 Å². The fourth-order valence-corrected chi connectivity index (χ4v) is 1.98. The first-order valence-electron chi connectivity index (χ1n) is 6.25. The number of carbonyl (C=O) groups excluding carboxylic acids is 1. The quantitative estimate of drug-likeness (QED) is 0.706. The molecule has 0 aliphatic rings. The van der Waals surface area contributed by atoms with Crippen molar-refractivity contribution in [2.45, 2.75) is 6.54 Å². The minimum absolute atomic E-state index is 0.236. The smallest absolute Gasteiger partial charge is 0.287 e. The first kappa shape index (κ1) is 12.3. The molecule has 0 aliphatic heterocycles. The van der Waals surface area contributed by atoms with Gasteiger partial charge in [0.15, 0.2) is 5.76 Å². The Hall–Kier alpha value is -2.76. The molecule has 2 aromatic heterocycles. The number of aromatic nitrogens is 2. The third-order valence-corrected chi connectivity index (χ3v) is 2.98. The number of furan rings is 1. The van der Waals surface area contributed by atoms with Gasteiger partial charge in [0.25, 0.3) is 5.91 Å². The van der Waals surface area contributed by atoms with Crippen molar-refractivity contribution < 1.29 is 9.21 Å². The molecule has 1 aromatic carbocycles. The molecule has 0 aliphatic carbocycles. The Labute approximate surface area is 115 Å². The van der Waals surface area contributed by atoms with Crippen molar-refractivity contribution in [3.63, 3.8) is 0 Å². The van der Waals surface area contributed by atoms with Crippen LogP contribution in [0.4, 0.5) is 5.69 Å². The highest BCUT2D eigenvalue weighted by Crippen LogP contribution is 2.21. The van der Waals surface area contributed by atoms with E-state index in [1.807, 2.05) is 10.8 Å². The van der Waals surface area contributed by atoms with Gasteiger partial charge < -0.3 is 20.0 Å². The highest BCUT2D eigenvalue weighted by Gasteiger charge is 2.11. The molecule has 3 aromatic rings. The summed E-state index contributed by atoms with van der Waals surface area (Å²) in [4.78, 5) is 15.9. The molecule has 0 bridgehead atoms. The number of nitrogen functional groups attached to an aromatic ring is 1. The largest absolute Gasteiger partial charge is 0.451 e. The van der Waals surface area contributed by atoms with E-state index in [0.29, 0.717) is 24.4 Å². The van der Waals surface area contributed by atoms with E-state index in [9.17, 15) is 4.79 Å². The van der Waals surface area contributed by atoms with Crippen LogP contribution in [0.5, 0.6) is 0 Å². The third-order valence-electron chi connectivity index (χ3n) is 2.98. The minimum Gasteiger partial charge on any atom is -0.451 e. The number of amides is 1. The lowest BCUT2D eigenvalue weighted by Gasteiger charge is -2.03. The number of anilines is 1. The fourth-order valence-electron chi connectivity index (χ4n) is 1.98. The summed E-state index contributed by atoms with van der Waals surface area (Å²) in [7, 11) is 0. The second kappa shape index (κ2) is 5.08. The van der Waals surface area contributed by atoms with E-state index in [0.717, 1.165) is 5.39 Å². The SMILES string of the molecule is Nc1ccc2oc(C(=O)NCCn3ccnc3)cc2c1. The standard InChI is InChI=1S/C14H14N4O2/c15-11-1-2-12-10(7-11)8-13(20-12)14(19)17-4-6-18-5-3-16-9-18/h1-3,5,7-9H,4,6,15H2,(H,17,19). The van der Waals surface area contributed by atoms with Crippen LogP contribution in [0.3, 0.4) is 0 Å². The third kappa shape index (κ3) is 2.49. The zero-order valence-corrected chi connectivity index (χ0v) is 10.7.